The quantitative estimate of drug-likeness (QED) is 0.612. The highest BCUT2D eigenvalue weighted by Crippen LogP contribution is 2.54. The van der Waals surface area contributed by atoms with E-state index in [1.807, 2.05) is 0 Å². The molecule has 3 N–H and O–H groups in total. The number of ether oxygens (including phenoxy) is 2. The molecule has 0 saturated heterocycles. The normalized spacial score (nSPS) is 19.6. The van der Waals surface area contributed by atoms with Gasteiger partial charge in [0.2, 0.25) is 5.95 Å². The molecule has 1 atom stereocenters. The van der Waals surface area contributed by atoms with Gasteiger partial charge in [-0.15, -0.1) is 0 Å². The number of rotatable bonds is 1. The van der Waals surface area contributed by atoms with E-state index in [-0.39, 0.29) is 24.1 Å². The van der Waals surface area contributed by atoms with Gasteiger partial charge in [0, 0.05) is 35.4 Å². The van der Waals surface area contributed by atoms with Gasteiger partial charge in [0.25, 0.3) is 6.02 Å². The second-order valence-corrected chi connectivity index (χ2v) is 6.87. The third-order valence-electron chi connectivity index (χ3n) is 5.20. The molecule has 3 aromatic rings. The van der Waals surface area contributed by atoms with Crippen molar-refractivity contribution in [2.24, 2.45) is 10.7 Å². The van der Waals surface area contributed by atoms with E-state index in [9.17, 15) is 13.9 Å². The van der Waals surface area contributed by atoms with Gasteiger partial charge in [0.15, 0.2) is 11.6 Å². The highest BCUT2D eigenvalue weighted by molar-refractivity contribution is 5.76. The summed E-state index contributed by atoms with van der Waals surface area (Å²) in [5.41, 5.74) is 6.49. The Bertz CT molecular complexity index is 1180. The number of phenols is 1. The van der Waals surface area contributed by atoms with Crippen LogP contribution in [-0.4, -0.2) is 22.7 Å². The molecule has 146 valence electrons. The van der Waals surface area contributed by atoms with Crippen LogP contribution in [-0.2, 0) is 10.3 Å². The average molecular weight is 395 g/mol. The Kier molecular flexibility index (Phi) is 3.70. The van der Waals surface area contributed by atoms with Gasteiger partial charge in [-0.1, -0.05) is 6.07 Å². The molecular weight excluding hydrogens is 380 g/mol. The molecule has 2 aromatic carbocycles. The Hall–Kier alpha value is -3.68. The Labute approximate surface area is 164 Å². The van der Waals surface area contributed by atoms with Crippen LogP contribution in [0.4, 0.5) is 8.78 Å². The molecule has 0 fully saturated rings. The first-order valence-corrected chi connectivity index (χ1v) is 8.92. The molecule has 1 unspecified atom stereocenters. The van der Waals surface area contributed by atoms with Crippen LogP contribution in [0.3, 0.4) is 0 Å². The van der Waals surface area contributed by atoms with Gasteiger partial charge in [-0.25, -0.2) is 14.4 Å². The van der Waals surface area contributed by atoms with Gasteiger partial charge in [-0.2, -0.15) is 4.39 Å². The van der Waals surface area contributed by atoms with E-state index in [1.165, 1.54) is 12.3 Å². The Morgan fingerprint density at radius 2 is 1.97 bits per heavy atom. The SMILES string of the molecule is NC1=NC2(CCO1)c1cc(-c3cccnc3F)ccc1Oc1c(F)cc(O)cc12. The Morgan fingerprint density at radius 1 is 1.10 bits per heavy atom. The Balaban J connectivity index is 1.80. The fourth-order valence-electron chi connectivity index (χ4n) is 3.93. The summed E-state index contributed by atoms with van der Waals surface area (Å²) < 4.78 is 40.0. The van der Waals surface area contributed by atoms with Crippen molar-refractivity contribution in [2.45, 2.75) is 12.0 Å². The van der Waals surface area contributed by atoms with Crippen LogP contribution in [0.5, 0.6) is 17.2 Å². The maximum Gasteiger partial charge on any atom is 0.283 e. The van der Waals surface area contributed by atoms with Gasteiger partial charge in [-0.05, 0) is 35.9 Å². The molecule has 5 rings (SSSR count). The van der Waals surface area contributed by atoms with Crippen molar-refractivity contribution in [1.29, 1.82) is 0 Å². The molecule has 0 aliphatic carbocycles. The molecule has 0 amide bonds. The molecule has 2 aliphatic rings. The predicted molar refractivity (Wildman–Crippen MR) is 101 cm³/mol. The van der Waals surface area contributed by atoms with Crippen LogP contribution in [0.15, 0.2) is 53.7 Å². The lowest BCUT2D eigenvalue weighted by Crippen LogP contribution is -2.38. The van der Waals surface area contributed by atoms with Crippen LogP contribution < -0.4 is 10.5 Å². The minimum atomic E-state index is -1.14. The minimum Gasteiger partial charge on any atom is -0.508 e. The van der Waals surface area contributed by atoms with Crippen LogP contribution in [0.1, 0.15) is 17.5 Å². The lowest BCUT2D eigenvalue weighted by atomic mass is 9.77. The third kappa shape index (κ3) is 2.60. The summed E-state index contributed by atoms with van der Waals surface area (Å²) in [6.45, 7) is 0.233. The number of fused-ring (bicyclic) bond motifs is 4. The molecule has 0 saturated carbocycles. The number of pyridine rings is 1. The lowest BCUT2D eigenvalue weighted by Gasteiger charge is -2.39. The highest BCUT2D eigenvalue weighted by Gasteiger charge is 2.46. The fourth-order valence-corrected chi connectivity index (χ4v) is 3.93. The van der Waals surface area contributed by atoms with E-state index < -0.39 is 17.3 Å². The molecular formula is C21H15F2N3O3. The molecule has 3 heterocycles. The Morgan fingerprint density at radius 3 is 2.76 bits per heavy atom. The number of hydrogen-bond acceptors (Lipinski definition) is 6. The summed E-state index contributed by atoms with van der Waals surface area (Å²) in [4.78, 5) is 8.20. The van der Waals surface area contributed by atoms with Gasteiger partial charge in [0.05, 0.1) is 6.61 Å². The second-order valence-electron chi connectivity index (χ2n) is 6.87. The highest BCUT2D eigenvalue weighted by atomic mass is 19.1. The summed E-state index contributed by atoms with van der Waals surface area (Å²) in [5.74, 6) is -1.25. The van der Waals surface area contributed by atoms with E-state index in [2.05, 4.69) is 9.98 Å². The van der Waals surface area contributed by atoms with Crippen LogP contribution in [0.2, 0.25) is 0 Å². The van der Waals surface area contributed by atoms with Gasteiger partial charge in [-0.3, -0.25) is 0 Å². The zero-order valence-electron chi connectivity index (χ0n) is 15.0. The van der Waals surface area contributed by atoms with Crippen molar-refractivity contribution in [3.8, 4) is 28.4 Å². The number of benzene rings is 2. The first-order chi connectivity index (χ1) is 14.0. The number of aromatic hydroxyl groups is 1. The maximum atomic E-state index is 14.6. The number of halogens is 2. The molecule has 6 nitrogen and oxygen atoms in total. The number of nitrogens with two attached hydrogens (primary N) is 1. The number of aliphatic imine (C=N–C) groups is 1. The first kappa shape index (κ1) is 17.4. The molecule has 1 spiro atoms. The van der Waals surface area contributed by atoms with Crippen molar-refractivity contribution in [1.82, 2.24) is 4.98 Å². The zero-order chi connectivity index (χ0) is 20.2. The average Bonchev–Trinajstić information content (AvgIpc) is 2.70. The van der Waals surface area contributed by atoms with Crippen LogP contribution >= 0.6 is 0 Å². The van der Waals surface area contributed by atoms with E-state index in [0.717, 1.165) is 6.07 Å². The van der Waals surface area contributed by atoms with E-state index in [0.29, 0.717) is 34.4 Å². The topological polar surface area (TPSA) is 90.0 Å². The van der Waals surface area contributed by atoms with E-state index in [1.54, 1.807) is 30.3 Å². The molecule has 0 bridgehead atoms. The van der Waals surface area contributed by atoms with Crippen LogP contribution in [0.25, 0.3) is 11.1 Å². The summed E-state index contributed by atoms with van der Waals surface area (Å²) in [7, 11) is 0. The zero-order valence-corrected chi connectivity index (χ0v) is 15.0. The lowest BCUT2D eigenvalue weighted by molar-refractivity contribution is 0.217. The standard InChI is InChI=1S/C21H15F2N3O3/c22-16-10-12(27)9-15-18(16)29-17-4-3-11(13-2-1-6-25-19(13)23)8-14(17)21(15)5-7-28-20(24)26-21/h1-4,6,8-10,27H,5,7H2,(H2,24,26). The smallest absolute Gasteiger partial charge is 0.283 e. The van der Waals surface area contributed by atoms with Crippen molar-refractivity contribution >= 4 is 6.02 Å². The molecule has 0 radical (unpaired) electrons. The molecule has 1 aromatic heterocycles. The third-order valence-corrected chi connectivity index (χ3v) is 5.20. The molecule has 29 heavy (non-hydrogen) atoms. The largest absolute Gasteiger partial charge is 0.508 e. The number of phenolic OH excluding ortho intramolecular Hbond substituents is 1. The first-order valence-electron chi connectivity index (χ1n) is 8.92. The minimum absolute atomic E-state index is 0.0333. The molecule has 2 aliphatic heterocycles. The van der Waals surface area contributed by atoms with Crippen molar-refractivity contribution in [3.63, 3.8) is 0 Å². The number of hydrogen-bond donors (Lipinski definition) is 2. The summed E-state index contributed by atoms with van der Waals surface area (Å²) in [5, 5.41) is 10.0. The summed E-state index contributed by atoms with van der Waals surface area (Å²) in [6, 6.07) is 10.6. The monoisotopic (exact) mass is 395 g/mol. The van der Waals surface area contributed by atoms with Crippen molar-refractivity contribution in [2.75, 3.05) is 6.61 Å². The number of aromatic nitrogens is 1. The van der Waals surface area contributed by atoms with Gasteiger partial charge < -0.3 is 20.3 Å². The maximum absolute atomic E-state index is 14.6. The van der Waals surface area contributed by atoms with Crippen molar-refractivity contribution < 1.29 is 23.4 Å². The number of nitrogens with zero attached hydrogens (tertiary/aromatic N) is 2. The predicted octanol–water partition coefficient (Wildman–Crippen LogP) is 3.82. The van der Waals surface area contributed by atoms with Gasteiger partial charge in [0.1, 0.15) is 17.0 Å². The van der Waals surface area contributed by atoms with Crippen LogP contribution in [0, 0.1) is 11.8 Å². The fraction of sp³-hybridized carbons (Fsp3) is 0.143. The van der Waals surface area contributed by atoms with Gasteiger partial charge >= 0.3 is 0 Å². The van der Waals surface area contributed by atoms with E-state index >= 15 is 0 Å². The summed E-state index contributed by atoms with van der Waals surface area (Å²) >= 11 is 0. The van der Waals surface area contributed by atoms with E-state index in [4.69, 9.17) is 15.2 Å². The van der Waals surface area contributed by atoms with Crippen molar-refractivity contribution in [3.05, 3.63) is 71.6 Å². The molecule has 8 heteroatoms. The second kappa shape index (κ2) is 6.16. The number of amidine groups is 1. The summed E-state index contributed by atoms with van der Waals surface area (Å²) in [6.07, 6.45) is 1.70.